The number of esters is 1. The Morgan fingerprint density at radius 3 is 3.11 bits per heavy atom. The molecule has 0 saturated carbocycles. The molecule has 2 rings (SSSR count). The lowest BCUT2D eigenvalue weighted by atomic mass is 10.2. The normalized spacial score (nSPS) is 9.78. The minimum absolute atomic E-state index is 0.199. The fraction of sp³-hybridized carbons (Fsp3) is 0.0833. The summed E-state index contributed by atoms with van der Waals surface area (Å²) < 4.78 is 4.67. The molecule has 0 saturated heterocycles. The Balaban J connectivity index is 2.21. The second kappa shape index (κ2) is 5.63. The summed E-state index contributed by atoms with van der Waals surface area (Å²) in [5, 5.41) is 11.2. The van der Waals surface area contributed by atoms with Gasteiger partial charge in [0.15, 0.2) is 12.3 Å². The molecule has 0 unspecified atom stereocenters. The number of rotatable bonds is 3. The van der Waals surface area contributed by atoms with E-state index in [9.17, 15) is 4.79 Å². The summed E-state index contributed by atoms with van der Waals surface area (Å²) in [5.41, 5.74) is 1.04. The van der Waals surface area contributed by atoms with Crippen LogP contribution in [0, 0.1) is 11.3 Å². The minimum Gasteiger partial charge on any atom is -0.446 e. The van der Waals surface area contributed by atoms with Crippen LogP contribution in [0.5, 0.6) is 0 Å². The molecule has 0 aliphatic rings. The van der Waals surface area contributed by atoms with Crippen LogP contribution in [0.4, 0.5) is 0 Å². The van der Waals surface area contributed by atoms with Crippen LogP contribution in [0.25, 0.3) is 10.6 Å². The van der Waals surface area contributed by atoms with Crippen molar-refractivity contribution >= 4 is 28.9 Å². The summed E-state index contributed by atoms with van der Waals surface area (Å²) in [6.07, 6.45) is 0. The second-order valence-corrected chi connectivity index (χ2v) is 4.58. The summed E-state index contributed by atoms with van der Waals surface area (Å²) in [5.74, 6) is -0.596. The van der Waals surface area contributed by atoms with E-state index in [1.807, 2.05) is 12.1 Å². The highest BCUT2D eigenvalue weighted by Crippen LogP contribution is 2.26. The monoisotopic (exact) mass is 278 g/mol. The van der Waals surface area contributed by atoms with Crippen molar-refractivity contribution in [2.75, 3.05) is 6.61 Å². The zero-order valence-corrected chi connectivity index (χ0v) is 10.7. The van der Waals surface area contributed by atoms with Crippen LogP contribution < -0.4 is 0 Å². The first-order valence-electron chi connectivity index (χ1n) is 4.96. The lowest BCUT2D eigenvalue weighted by Gasteiger charge is -1.97. The van der Waals surface area contributed by atoms with Gasteiger partial charge in [0.1, 0.15) is 11.1 Å². The van der Waals surface area contributed by atoms with E-state index in [1.54, 1.807) is 23.6 Å². The van der Waals surface area contributed by atoms with Crippen molar-refractivity contribution in [3.8, 4) is 16.6 Å². The Kier molecular flexibility index (Phi) is 3.92. The molecule has 18 heavy (non-hydrogen) atoms. The molecule has 2 aromatic rings. The number of benzene rings is 1. The van der Waals surface area contributed by atoms with Gasteiger partial charge in [0.25, 0.3) is 0 Å². The standard InChI is InChI=1S/C12H7ClN2O2S/c13-9-3-1-2-8(6-9)11-15-10(7-18-11)12(16)17-5-4-14/h1-3,6-7H,5H2. The predicted molar refractivity (Wildman–Crippen MR) is 68.5 cm³/mol. The minimum atomic E-state index is -0.596. The number of ether oxygens (including phenoxy) is 1. The summed E-state index contributed by atoms with van der Waals surface area (Å²) in [4.78, 5) is 15.6. The lowest BCUT2D eigenvalue weighted by Crippen LogP contribution is -2.05. The number of carbonyl (C=O) groups is 1. The van der Waals surface area contributed by atoms with Gasteiger partial charge in [0.2, 0.25) is 0 Å². The number of thiazole rings is 1. The maximum absolute atomic E-state index is 11.5. The molecule has 0 bridgehead atoms. The molecule has 0 aliphatic carbocycles. The van der Waals surface area contributed by atoms with Crippen LogP contribution in [0.3, 0.4) is 0 Å². The SMILES string of the molecule is N#CCOC(=O)c1csc(-c2cccc(Cl)c2)n1. The van der Waals surface area contributed by atoms with Crippen molar-refractivity contribution < 1.29 is 9.53 Å². The predicted octanol–water partition coefficient (Wildman–Crippen LogP) is 3.14. The molecular formula is C12H7ClN2O2S. The number of nitriles is 1. The van der Waals surface area contributed by atoms with E-state index in [4.69, 9.17) is 16.9 Å². The van der Waals surface area contributed by atoms with E-state index < -0.39 is 5.97 Å². The van der Waals surface area contributed by atoms with Gasteiger partial charge in [0, 0.05) is 16.0 Å². The zero-order chi connectivity index (χ0) is 13.0. The van der Waals surface area contributed by atoms with Gasteiger partial charge < -0.3 is 4.74 Å². The van der Waals surface area contributed by atoms with Gasteiger partial charge in [-0.05, 0) is 12.1 Å². The number of carbonyl (C=O) groups excluding carboxylic acids is 1. The second-order valence-electron chi connectivity index (χ2n) is 3.28. The van der Waals surface area contributed by atoms with Crippen LogP contribution in [-0.4, -0.2) is 17.6 Å². The van der Waals surface area contributed by atoms with Gasteiger partial charge in [-0.15, -0.1) is 11.3 Å². The van der Waals surface area contributed by atoms with Crippen LogP contribution in [0.1, 0.15) is 10.5 Å². The largest absolute Gasteiger partial charge is 0.446 e. The van der Waals surface area contributed by atoms with E-state index in [1.165, 1.54) is 11.3 Å². The molecule has 6 heteroatoms. The first-order chi connectivity index (χ1) is 8.70. The molecule has 1 aromatic heterocycles. The molecule has 0 N–H and O–H groups in total. The Bertz CT molecular complexity index is 619. The van der Waals surface area contributed by atoms with Crippen molar-refractivity contribution in [1.82, 2.24) is 4.98 Å². The molecular weight excluding hydrogens is 272 g/mol. The first-order valence-corrected chi connectivity index (χ1v) is 6.22. The average Bonchev–Trinajstić information content (AvgIpc) is 2.85. The van der Waals surface area contributed by atoms with Crippen LogP contribution in [-0.2, 0) is 4.74 Å². The van der Waals surface area contributed by atoms with Gasteiger partial charge in [-0.2, -0.15) is 5.26 Å². The Labute approximate surface area is 112 Å². The Morgan fingerprint density at radius 1 is 1.56 bits per heavy atom. The molecule has 1 heterocycles. The van der Waals surface area contributed by atoms with Gasteiger partial charge in [-0.25, -0.2) is 9.78 Å². The third kappa shape index (κ3) is 2.86. The van der Waals surface area contributed by atoms with Gasteiger partial charge in [-0.1, -0.05) is 23.7 Å². The smallest absolute Gasteiger partial charge is 0.358 e. The van der Waals surface area contributed by atoms with E-state index in [0.717, 1.165) is 5.56 Å². The van der Waals surface area contributed by atoms with Crippen molar-refractivity contribution in [2.45, 2.75) is 0 Å². The van der Waals surface area contributed by atoms with Crippen LogP contribution in [0.15, 0.2) is 29.6 Å². The van der Waals surface area contributed by atoms with E-state index in [-0.39, 0.29) is 12.3 Å². The number of nitrogens with zero attached hydrogens (tertiary/aromatic N) is 2. The molecule has 0 aliphatic heterocycles. The fourth-order valence-electron chi connectivity index (χ4n) is 1.29. The van der Waals surface area contributed by atoms with Gasteiger partial charge in [0.05, 0.1) is 0 Å². The summed E-state index contributed by atoms with van der Waals surface area (Å²) in [6.45, 7) is -0.275. The molecule has 4 nitrogen and oxygen atoms in total. The third-order valence-corrected chi connectivity index (χ3v) is 3.18. The number of hydrogen-bond donors (Lipinski definition) is 0. The van der Waals surface area contributed by atoms with Crippen molar-refractivity contribution in [3.05, 3.63) is 40.4 Å². The summed E-state index contributed by atoms with van der Waals surface area (Å²) in [7, 11) is 0. The van der Waals surface area contributed by atoms with E-state index >= 15 is 0 Å². The lowest BCUT2D eigenvalue weighted by molar-refractivity contribution is 0.0549. The first kappa shape index (κ1) is 12.6. The van der Waals surface area contributed by atoms with Crippen LogP contribution >= 0.6 is 22.9 Å². The highest BCUT2D eigenvalue weighted by molar-refractivity contribution is 7.13. The Hall–Kier alpha value is -1.90. The fourth-order valence-corrected chi connectivity index (χ4v) is 2.27. The van der Waals surface area contributed by atoms with E-state index in [0.29, 0.717) is 10.0 Å². The molecule has 0 radical (unpaired) electrons. The average molecular weight is 279 g/mol. The highest BCUT2D eigenvalue weighted by Gasteiger charge is 2.13. The molecule has 0 fully saturated rings. The van der Waals surface area contributed by atoms with E-state index in [2.05, 4.69) is 9.72 Å². The Morgan fingerprint density at radius 2 is 2.39 bits per heavy atom. The van der Waals surface area contributed by atoms with Crippen molar-refractivity contribution in [3.63, 3.8) is 0 Å². The molecule has 1 aromatic carbocycles. The summed E-state index contributed by atoms with van der Waals surface area (Å²) in [6, 6.07) is 8.93. The molecule has 0 amide bonds. The number of aromatic nitrogens is 1. The zero-order valence-electron chi connectivity index (χ0n) is 9.09. The molecule has 0 spiro atoms. The maximum atomic E-state index is 11.5. The van der Waals surface area contributed by atoms with Crippen molar-refractivity contribution in [1.29, 1.82) is 5.26 Å². The summed E-state index contributed by atoms with van der Waals surface area (Å²) >= 11 is 7.20. The topological polar surface area (TPSA) is 63.0 Å². The maximum Gasteiger partial charge on any atom is 0.358 e. The van der Waals surface area contributed by atoms with Gasteiger partial charge in [-0.3, -0.25) is 0 Å². The third-order valence-electron chi connectivity index (χ3n) is 2.05. The van der Waals surface area contributed by atoms with Crippen LogP contribution in [0.2, 0.25) is 5.02 Å². The quantitative estimate of drug-likeness (QED) is 0.809. The number of hydrogen-bond acceptors (Lipinski definition) is 5. The van der Waals surface area contributed by atoms with Gasteiger partial charge >= 0.3 is 5.97 Å². The van der Waals surface area contributed by atoms with Crippen molar-refractivity contribution in [2.24, 2.45) is 0 Å². The molecule has 90 valence electrons. The molecule has 0 atom stereocenters. The highest BCUT2D eigenvalue weighted by atomic mass is 35.5. The number of halogens is 1.